The van der Waals surface area contributed by atoms with Crippen molar-refractivity contribution >= 4 is 11.6 Å². The molecule has 1 aliphatic heterocycles. The highest BCUT2D eigenvalue weighted by atomic mass is 16.5. The van der Waals surface area contributed by atoms with E-state index in [2.05, 4.69) is 12.2 Å². The summed E-state index contributed by atoms with van der Waals surface area (Å²) in [5, 5.41) is 3.34. The van der Waals surface area contributed by atoms with E-state index in [1.807, 2.05) is 30.0 Å². The first kappa shape index (κ1) is 14.9. The van der Waals surface area contributed by atoms with Crippen molar-refractivity contribution in [2.75, 3.05) is 32.1 Å². The Hall–Kier alpha value is -1.55. The van der Waals surface area contributed by atoms with Crippen molar-refractivity contribution in [3.63, 3.8) is 0 Å². The zero-order chi connectivity index (χ0) is 14.5. The van der Waals surface area contributed by atoms with Crippen molar-refractivity contribution in [1.82, 2.24) is 4.90 Å². The molecule has 1 N–H and O–H groups in total. The topological polar surface area (TPSA) is 41.6 Å². The molecule has 4 heteroatoms. The summed E-state index contributed by atoms with van der Waals surface area (Å²) < 4.78 is 5.32. The smallest absolute Gasteiger partial charge is 0.254 e. The van der Waals surface area contributed by atoms with Crippen LogP contribution in [0.5, 0.6) is 0 Å². The lowest BCUT2D eigenvalue weighted by Gasteiger charge is -2.18. The molecule has 4 nitrogen and oxygen atoms in total. The minimum Gasteiger partial charge on any atom is -0.385 e. The van der Waals surface area contributed by atoms with E-state index in [0.29, 0.717) is 6.54 Å². The van der Waals surface area contributed by atoms with Crippen molar-refractivity contribution in [3.8, 4) is 0 Å². The summed E-state index contributed by atoms with van der Waals surface area (Å²) in [6.45, 7) is 6.57. The summed E-state index contributed by atoms with van der Waals surface area (Å²) in [5.74, 6) is 0.115. The highest BCUT2D eigenvalue weighted by molar-refractivity contribution is 5.96. The molecule has 1 fully saturated rings. The zero-order valence-electron chi connectivity index (χ0n) is 12.6. The van der Waals surface area contributed by atoms with Gasteiger partial charge >= 0.3 is 0 Å². The fourth-order valence-electron chi connectivity index (χ4n) is 2.56. The van der Waals surface area contributed by atoms with Gasteiger partial charge in [-0.1, -0.05) is 6.92 Å². The van der Waals surface area contributed by atoms with Crippen molar-refractivity contribution in [3.05, 3.63) is 29.3 Å². The second-order valence-corrected chi connectivity index (χ2v) is 5.35. The van der Waals surface area contributed by atoms with E-state index in [0.717, 1.165) is 42.7 Å². The fraction of sp³-hybridized carbons (Fsp3) is 0.562. The van der Waals surface area contributed by atoms with Crippen LogP contribution >= 0.6 is 0 Å². The predicted molar refractivity (Wildman–Crippen MR) is 81.3 cm³/mol. The molecule has 20 heavy (non-hydrogen) atoms. The van der Waals surface area contributed by atoms with Gasteiger partial charge in [0.2, 0.25) is 0 Å². The summed E-state index contributed by atoms with van der Waals surface area (Å²) in [4.78, 5) is 14.4. The Kier molecular flexibility index (Phi) is 5.01. The molecule has 2 rings (SSSR count). The van der Waals surface area contributed by atoms with Crippen LogP contribution in [0.15, 0.2) is 18.2 Å². The third-order valence-corrected chi connectivity index (χ3v) is 3.80. The second kappa shape index (κ2) is 6.75. The maximum atomic E-state index is 12.5. The Labute approximate surface area is 121 Å². The minimum absolute atomic E-state index is 0.115. The summed E-state index contributed by atoms with van der Waals surface area (Å²) in [6, 6.07) is 5.96. The third-order valence-electron chi connectivity index (χ3n) is 3.80. The summed E-state index contributed by atoms with van der Waals surface area (Å²) in [7, 11) is 1.71. The van der Waals surface area contributed by atoms with E-state index >= 15 is 0 Å². The largest absolute Gasteiger partial charge is 0.385 e. The first-order valence-electron chi connectivity index (χ1n) is 7.32. The molecular weight excluding hydrogens is 252 g/mol. The van der Waals surface area contributed by atoms with Gasteiger partial charge in [0.15, 0.2) is 0 Å². The zero-order valence-corrected chi connectivity index (χ0v) is 12.6. The number of benzene rings is 1. The number of methoxy groups -OCH3 is 1. The van der Waals surface area contributed by atoms with E-state index in [1.54, 1.807) is 7.11 Å². The number of amides is 1. The SMILES string of the molecule is CCCNc1ccc(C(=O)N2CCC(OC)C2)c(C)c1. The van der Waals surface area contributed by atoms with Crippen LogP contribution in [-0.4, -0.2) is 43.7 Å². The summed E-state index contributed by atoms with van der Waals surface area (Å²) >= 11 is 0. The van der Waals surface area contributed by atoms with Crippen molar-refractivity contribution < 1.29 is 9.53 Å². The van der Waals surface area contributed by atoms with Crippen LogP contribution in [0.4, 0.5) is 5.69 Å². The molecule has 1 aromatic rings. The predicted octanol–water partition coefficient (Wildman–Crippen LogP) is 2.68. The number of hydrogen-bond donors (Lipinski definition) is 1. The lowest BCUT2D eigenvalue weighted by atomic mass is 10.1. The van der Waals surface area contributed by atoms with Gasteiger partial charge < -0.3 is 15.0 Å². The van der Waals surface area contributed by atoms with Crippen LogP contribution in [0, 0.1) is 6.92 Å². The Morgan fingerprint density at radius 1 is 1.50 bits per heavy atom. The van der Waals surface area contributed by atoms with E-state index in [1.165, 1.54) is 0 Å². The molecule has 0 spiro atoms. The maximum absolute atomic E-state index is 12.5. The van der Waals surface area contributed by atoms with E-state index in [4.69, 9.17) is 4.74 Å². The number of ether oxygens (including phenoxy) is 1. The van der Waals surface area contributed by atoms with Crippen LogP contribution in [0.2, 0.25) is 0 Å². The number of nitrogens with zero attached hydrogens (tertiary/aromatic N) is 1. The van der Waals surface area contributed by atoms with E-state index < -0.39 is 0 Å². The van der Waals surface area contributed by atoms with E-state index in [9.17, 15) is 4.79 Å². The Bertz CT molecular complexity index is 474. The first-order chi connectivity index (χ1) is 9.65. The van der Waals surface area contributed by atoms with Gasteiger partial charge in [-0.3, -0.25) is 4.79 Å². The second-order valence-electron chi connectivity index (χ2n) is 5.35. The molecular formula is C16H24N2O2. The van der Waals surface area contributed by atoms with Gasteiger partial charge in [0.1, 0.15) is 0 Å². The van der Waals surface area contributed by atoms with Crippen LogP contribution in [-0.2, 0) is 4.74 Å². The van der Waals surface area contributed by atoms with Gasteiger partial charge in [-0.15, -0.1) is 0 Å². The third kappa shape index (κ3) is 3.31. The quantitative estimate of drug-likeness (QED) is 0.899. The van der Waals surface area contributed by atoms with Gasteiger partial charge in [-0.2, -0.15) is 0 Å². The number of carbonyl (C=O) groups excluding carboxylic acids is 1. The molecule has 1 aliphatic rings. The fourth-order valence-corrected chi connectivity index (χ4v) is 2.56. The van der Waals surface area contributed by atoms with Crippen LogP contribution in [0.25, 0.3) is 0 Å². The Balaban J connectivity index is 2.07. The molecule has 110 valence electrons. The lowest BCUT2D eigenvalue weighted by molar-refractivity contribution is 0.0723. The molecule has 1 heterocycles. The normalized spacial score (nSPS) is 18.4. The molecule has 0 bridgehead atoms. The minimum atomic E-state index is 0.115. The maximum Gasteiger partial charge on any atom is 0.254 e. The number of nitrogens with one attached hydrogen (secondary N) is 1. The monoisotopic (exact) mass is 276 g/mol. The molecule has 1 amide bonds. The van der Waals surface area contributed by atoms with Crippen molar-refractivity contribution in [1.29, 1.82) is 0 Å². The van der Waals surface area contributed by atoms with Gasteiger partial charge in [0.25, 0.3) is 5.91 Å². The Morgan fingerprint density at radius 3 is 2.90 bits per heavy atom. The average Bonchev–Trinajstić information content (AvgIpc) is 2.93. The number of hydrogen-bond acceptors (Lipinski definition) is 3. The number of carbonyl (C=O) groups is 1. The van der Waals surface area contributed by atoms with Crippen LogP contribution in [0.3, 0.4) is 0 Å². The van der Waals surface area contributed by atoms with Gasteiger partial charge in [0, 0.05) is 38.0 Å². The number of anilines is 1. The highest BCUT2D eigenvalue weighted by Crippen LogP contribution is 2.20. The number of aryl methyl sites for hydroxylation is 1. The highest BCUT2D eigenvalue weighted by Gasteiger charge is 2.27. The number of likely N-dealkylation sites (tertiary alicyclic amines) is 1. The molecule has 1 aromatic carbocycles. The van der Waals surface area contributed by atoms with Crippen molar-refractivity contribution in [2.45, 2.75) is 32.8 Å². The average molecular weight is 276 g/mol. The van der Waals surface area contributed by atoms with Crippen LogP contribution in [0.1, 0.15) is 35.7 Å². The van der Waals surface area contributed by atoms with E-state index in [-0.39, 0.29) is 12.0 Å². The summed E-state index contributed by atoms with van der Waals surface area (Å²) in [6.07, 6.45) is 2.20. The van der Waals surface area contributed by atoms with Gasteiger partial charge in [-0.25, -0.2) is 0 Å². The molecule has 0 saturated carbocycles. The van der Waals surface area contributed by atoms with Gasteiger partial charge in [-0.05, 0) is 43.5 Å². The van der Waals surface area contributed by atoms with Gasteiger partial charge in [0.05, 0.1) is 6.10 Å². The molecule has 1 atom stereocenters. The van der Waals surface area contributed by atoms with Crippen LogP contribution < -0.4 is 5.32 Å². The summed E-state index contributed by atoms with van der Waals surface area (Å²) in [5.41, 5.74) is 2.90. The lowest BCUT2D eigenvalue weighted by Crippen LogP contribution is -2.30. The molecule has 0 aliphatic carbocycles. The molecule has 0 aromatic heterocycles. The molecule has 1 saturated heterocycles. The Morgan fingerprint density at radius 2 is 2.30 bits per heavy atom. The van der Waals surface area contributed by atoms with Crippen molar-refractivity contribution in [2.24, 2.45) is 0 Å². The standard InChI is InChI=1S/C16H24N2O2/c1-4-8-17-13-5-6-15(12(2)10-13)16(19)18-9-7-14(11-18)20-3/h5-6,10,14,17H,4,7-9,11H2,1-3H3. The first-order valence-corrected chi connectivity index (χ1v) is 7.32. The molecule has 1 unspecified atom stereocenters. The molecule has 0 radical (unpaired) electrons. The number of rotatable bonds is 5.